The molecule has 0 saturated heterocycles. The molecule has 0 aromatic heterocycles. The molecule has 4 nitrogen and oxygen atoms in total. The zero-order valence-electron chi connectivity index (χ0n) is 21.3. The maximum absolute atomic E-state index is 5.47. The van der Waals surface area contributed by atoms with Gasteiger partial charge in [-0.2, -0.15) is 0 Å². The number of ether oxygens (including phenoxy) is 4. The van der Waals surface area contributed by atoms with E-state index in [2.05, 4.69) is 25.3 Å². The first-order valence-corrected chi connectivity index (χ1v) is 13.1. The summed E-state index contributed by atoms with van der Waals surface area (Å²) in [4.78, 5) is 0. The minimum atomic E-state index is 0. The Hall–Kier alpha value is -0.317. The van der Waals surface area contributed by atoms with Crippen molar-refractivity contribution in [3.63, 3.8) is 0 Å². The van der Waals surface area contributed by atoms with Crippen molar-refractivity contribution in [1.29, 1.82) is 0 Å². The van der Waals surface area contributed by atoms with Crippen LogP contribution in [0.5, 0.6) is 0 Å². The third kappa shape index (κ3) is 33.9. The van der Waals surface area contributed by atoms with Crippen LogP contribution >= 0.6 is 0 Å². The fourth-order valence-electron chi connectivity index (χ4n) is 3.36. The Kier molecular flexibility index (Phi) is 35.8. The summed E-state index contributed by atoms with van der Waals surface area (Å²) < 4.78 is 21.6. The second-order valence-corrected chi connectivity index (χ2v) is 8.30. The summed E-state index contributed by atoms with van der Waals surface area (Å²) in [6, 6.07) is 0. The van der Waals surface area contributed by atoms with Crippen LogP contribution < -0.4 is 0 Å². The second-order valence-electron chi connectivity index (χ2n) is 8.30. The topological polar surface area (TPSA) is 36.9 Å². The van der Waals surface area contributed by atoms with E-state index in [1.807, 2.05) is 0 Å². The van der Waals surface area contributed by atoms with Gasteiger partial charge in [-0.1, -0.05) is 88.5 Å². The van der Waals surface area contributed by atoms with Crippen molar-refractivity contribution in [2.24, 2.45) is 0 Å². The summed E-state index contributed by atoms with van der Waals surface area (Å²) in [6.45, 7) is 13.6. The first-order valence-electron chi connectivity index (χ1n) is 13.1. The standard InChI is InChI=1S/C15H28O2.C13H24O2.Ru/c1-3-12-16-14-10-8-6-5-7-9-11-15-17-13-4-2;1-2-4-6-10-14-12-8-9-13-15-11-7-5-3-1;/h3-4H,1-2,5-15H2;8-9H,1-7,10-13H2;. The van der Waals surface area contributed by atoms with Gasteiger partial charge < -0.3 is 18.9 Å². The predicted molar refractivity (Wildman–Crippen MR) is 137 cm³/mol. The van der Waals surface area contributed by atoms with Gasteiger partial charge in [-0.25, -0.2) is 0 Å². The van der Waals surface area contributed by atoms with Crippen LogP contribution in [0.2, 0.25) is 0 Å². The van der Waals surface area contributed by atoms with Crippen molar-refractivity contribution < 1.29 is 38.4 Å². The molecule has 0 fully saturated rings. The molecule has 1 aliphatic heterocycles. The van der Waals surface area contributed by atoms with Gasteiger partial charge in [0.15, 0.2) is 0 Å². The van der Waals surface area contributed by atoms with E-state index in [0.717, 1.165) is 39.6 Å². The number of rotatable bonds is 14. The van der Waals surface area contributed by atoms with Crippen LogP contribution in [-0.2, 0) is 38.4 Å². The van der Waals surface area contributed by atoms with Crippen LogP contribution in [0.4, 0.5) is 0 Å². The molecule has 1 heterocycles. The summed E-state index contributed by atoms with van der Waals surface area (Å²) >= 11 is 0. The van der Waals surface area contributed by atoms with Crippen LogP contribution in [0, 0.1) is 0 Å². The Morgan fingerprint density at radius 3 is 1.33 bits per heavy atom. The van der Waals surface area contributed by atoms with E-state index in [4.69, 9.17) is 18.9 Å². The molecule has 0 spiro atoms. The number of hydrogen-bond donors (Lipinski definition) is 0. The quantitative estimate of drug-likeness (QED) is 0.127. The summed E-state index contributed by atoms with van der Waals surface area (Å²) in [6.07, 6.45) is 25.8. The van der Waals surface area contributed by atoms with Crippen molar-refractivity contribution in [1.82, 2.24) is 0 Å². The zero-order chi connectivity index (χ0) is 23.2. The fraction of sp³-hybridized carbons (Fsp3) is 0.786. The van der Waals surface area contributed by atoms with Crippen LogP contribution in [-0.4, -0.2) is 52.9 Å². The van der Waals surface area contributed by atoms with Gasteiger partial charge in [0, 0.05) is 45.9 Å². The third-order valence-corrected chi connectivity index (χ3v) is 5.22. The zero-order valence-corrected chi connectivity index (χ0v) is 23.0. The molecular formula is C28H52O4Ru. The van der Waals surface area contributed by atoms with E-state index in [0.29, 0.717) is 13.2 Å². The van der Waals surface area contributed by atoms with Gasteiger partial charge in [-0.05, 0) is 25.7 Å². The maximum Gasteiger partial charge on any atom is 0.0648 e. The molecule has 5 heteroatoms. The van der Waals surface area contributed by atoms with Gasteiger partial charge in [0.05, 0.1) is 26.4 Å². The minimum absolute atomic E-state index is 0. The van der Waals surface area contributed by atoms with Crippen LogP contribution in [0.1, 0.15) is 89.9 Å². The van der Waals surface area contributed by atoms with Crippen molar-refractivity contribution >= 4 is 0 Å². The van der Waals surface area contributed by atoms with Gasteiger partial charge >= 0.3 is 0 Å². The van der Waals surface area contributed by atoms with E-state index in [1.54, 1.807) is 12.2 Å². The van der Waals surface area contributed by atoms with E-state index in [9.17, 15) is 0 Å². The largest absolute Gasteiger partial charge is 0.377 e. The summed E-state index contributed by atoms with van der Waals surface area (Å²) in [5, 5.41) is 0. The first-order chi connectivity index (χ1) is 15.9. The molecule has 0 unspecified atom stereocenters. The molecule has 0 aromatic rings. The molecule has 0 bridgehead atoms. The SMILES string of the molecule is C1=CCOCCCCCCCCCOC1.C=CCOCCCCCCCCCOCC=C.[Ru]. The van der Waals surface area contributed by atoms with Crippen molar-refractivity contribution in [3.8, 4) is 0 Å². The molecule has 0 amide bonds. The monoisotopic (exact) mass is 554 g/mol. The molecule has 0 saturated carbocycles. The Balaban J connectivity index is 0. The van der Waals surface area contributed by atoms with E-state index < -0.39 is 0 Å². The van der Waals surface area contributed by atoms with E-state index in [1.165, 1.54) is 89.9 Å². The minimum Gasteiger partial charge on any atom is -0.377 e. The summed E-state index contributed by atoms with van der Waals surface area (Å²) in [5.74, 6) is 0. The number of hydrogen-bond acceptors (Lipinski definition) is 4. The van der Waals surface area contributed by atoms with Crippen molar-refractivity contribution in [3.05, 3.63) is 37.5 Å². The molecule has 0 radical (unpaired) electrons. The van der Waals surface area contributed by atoms with Gasteiger partial charge in [0.25, 0.3) is 0 Å². The Morgan fingerprint density at radius 1 is 0.576 bits per heavy atom. The summed E-state index contributed by atoms with van der Waals surface area (Å²) in [5.41, 5.74) is 0. The van der Waals surface area contributed by atoms with Crippen LogP contribution in [0.25, 0.3) is 0 Å². The summed E-state index contributed by atoms with van der Waals surface area (Å²) in [7, 11) is 0. The molecule has 0 atom stereocenters. The fourth-order valence-corrected chi connectivity index (χ4v) is 3.36. The molecule has 33 heavy (non-hydrogen) atoms. The predicted octanol–water partition coefficient (Wildman–Crippen LogP) is 7.44. The first kappa shape index (κ1) is 34.8. The molecule has 0 aromatic carbocycles. The Morgan fingerprint density at radius 2 is 0.939 bits per heavy atom. The molecule has 1 rings (SSSR count). The average molecular weight is 554 g/mol. The molecule has 0 aliphatic carbocycles. The van der Waals surface area contributed by atoms with Gasteiger partial charge in [0.2, 0.25) is 0 Å². The van der Waals surface area contributed by atoms with Crippen molar-refractivity contribution in [2.75, 3.05) is 52.9 Å². The molecular weight excluding hydrogens is 501 g/mol. The van der Waals surface area contributed by atoms with Gasteiger partial charge in [0.1, 0.15) is 0 Å². The average Bonchev–Trinajstić information content (AvgIpc) is 2.82. The van der Waals surface area contributed by atoms with Gasteiger partial charge in [-0.15, -0.1) is 13.2 Å². The smallest absolute Gasteiger partial charge is 0.0648 e. The van der Waals surface area contributed by atoms with E-state index >= 15 is 0 Å². The third-order valence-electron chi connectivity index (χ3n) is 5.22. The molecule has 196 valence electrons. The Bertz CT molecular complexity index is 367. The second kappa shape index (κ2) is 33.9. The van der Waals surface area contributed by atoms with Crippen molar-refractivity contribution in [2.45, 2.75) is 89.9 Å². The Labute approximate surface area is 218 Å². The molecule has 1 aliphatic rings. The normalized spacial score (nSPS) is 15.8. The van der Waals surface area contributed by atoms with Crippen LogP contribution in [0.3, 0.4) is 0 Å². The van der Waals surface area contributed by atoms with E-state index in [-0.39, 0.29) is 19.5 Å². The van der Waals surface area contributed by atoms with Crippen LogP contribution in [0.15, 0.2) is 37.5 Å². The van der Waals surface area contributed by atoms with Gasteiger partial charge in [-0.3, -0.25) is 0 Å². The maximum atomic E-state index is 5.47. The molecule has 0 N–H and O–H groups in total. The number of unbranched alkanes of at least 4 members (excludes halogenated alkanes) is 6.